The van der Waals surface area contributed by atoms with Crippen LogP contribution in [0.15, 0.2) is 158 Å². The molecular weight excluding hydrogens is 480 g/mol. The van der Waals surface area contributed by atoms with Gasteiger partial charge in [-0.25, -0.2) is 0 Å². The van der Waals surface area contributed by atoms with Crippen LogP contribution in [0.5, 0.6) is 0 Å². The lowest BCUT2D eigenvalue weighted by molar-refractivity contribution is 1.62. The average molecular weight is 507 g/mol. The molecule has 0 amide bonds. The molecular formula is C40H26. The lowest BCUT2D eigenvalue weighted by Gasteiger charge is -2.22. The Morgan fingerprint density at radius 1 is 0.250 bits per heavy atom. The highest BCUT2D eigenvalue weighted by Crippen LogP contribution is 2.49. The van der Waals surface area contributed by atoms with Gasteiger partial charge in [-0.15, -0.1) is 0 Å². The largest absolute Gasteiger partial charge is 0.0622 e. The predicted octanol–water partition coefficient (Wildman–Crippen LogP) is 11.3. The molecule has 8 aromatic rings. The van der Waals surface area contributed by atoms with E-state index in [1.807, 2.05) is 0 Å². The van der Waals surface area contributed by atoms with Gasteiger partial charge in [-0.05, 0) is 89.0 Å². The maximum absolute atomic E-state index is 2.44. The first-order chi connectivity index (χ1) is 19.9. The normalized spacial score (nSPS) is 11.5. The maximum Gasteiger partial charge on any atom is -0.000785 e. The smallest absolute Gasteiger partial charge is 0.000785 e. The van der Waals surface area contributed by atoms with Crippen molar-refractivity contribution in [3.05, 3.63) is 158 Å². The monoisotopic (exact) mass is 506 g/mol. The summed E-state index contributed by atoms with van der Waals surface area (Å²) in [6, 6.07) is 57.5. The van der Waals surface area contributed by atoms with Gasteiger partial charge in [0.05, 0.1) is 0 Å². The van der Waals surface area contributed by atoms with E-state index in [4.69, 9.17) is 0 Å². The topological polar surface area (TPSA) is 0 Å². The first kappa shape index (κ1) is 22.8. The second kappa shape index (κ2) is 9.22. The molecule has 0 heteroatoms. The minimum atomic E-state index is 1.23. The zero-order valence-electron chi connectivity index (χ0n) is 22.0. The molecule has 0 radical (unpaired) electrons. The summed E-state index contributed by atoms with van der Waals surface area (Å²) in [5.41, 5.74) is 10.0. The summed E-state index contributed by atoms with van der Waals surface area (Å²) in [5.74, 6) is 0. The predicted molar refractivity (Wildman–Crippen MR) is 172 cm³/mol. The zero-order valence-corrected chi connectivity index (χ0v) is 22.0. The minimum Gasteiger partial charge on any atom is -0.0622 e. The van der Waals surface area contributed by atoms with Crippen LogP contribution < -0.4 is 0 Å². The van der Waals surface area contributed by atoms with Crippen molar-refractivity contribution in [1.82, 2.24) is 0 Å². The van der Waals surface area contributed by atoms with Crippen molar-refractivity contribution in [1.29, 1.82) is 0 Å². The summed E-state index contributed by atoms with van der Waals surface area (Å²) >= 11 is 0. The molecule has 8 rings (SSSR count). The molecule has 0 nitrogen and oxygen atoms in total. The second-order valence-corrected chi connectivity index (χ2v) is 10.5. The number of benzene rings is 8. The van der Waals surface area contributed by atoms with Crippen LogP contribution in [0.1, 0.15) is 0 Å². The molecule has 8 aromatic carbocycles. The van der Waals surface area contributed by atoms with Gasteiger partial charge < -0.3 is 0 Å². The molecule has 0 aliphatic heterocycles. The summed E-state index contributed by atoms with van der Waals surface area (Å²) in [7, 11) is 0. The van der Waals surface area contributed by atoms with Gasteiger partial charge in [0.1, 0.15) is 0 Å². The van der Waals surface area contributed by atoms with Crippen molar-refractivity contribution in [3.8, 4) is 44.5 Å². The van der Waals surface area contributed by atoms with E-state index in [0.717, 1.165) is 0 Å². The minimum absolute atomic E-state index is 1.23. The van der Waals surface area contributed by atoms with Crippen LogP contribution in [0.2, 0.25) is 0 Å². The van der Waals surface area contributed by atoms with E-state index in [0.29, 0.717) is 0 Å². The molecule has 0 heterocycles. The van der Waals surface area contributed by atoms with E-state index in [9.17, 15) is 0 Å². The second-order valence-electron chi connectivity index (χ2n) is 10.5. The van der Waals surface area contributed by atoms with E-state index in [1.165, 1.54) is 76.8 Å². The van der Waals surface area contributed by atoms with Crippen LogP contribution >= 0.6 is 0 Å². The van der Waals surface area contributed by atoms with Crippen molar-refractivity contribution in [2.45, 2.75) is 0 Å². The molecule has 0 aromatic heterocycles. The van der Waals surface area contributed by atoms with Crippen LogP contribution in [0.4, 0.5) is 0 Å². The number of rotatable bonds is 4. The first-order valence-corrected chi connectivity index (χ1v) is 13.9. The fourth-order valence-electron chi connectivity index (χ4n) is 6.42. The summed E-state index contributed by atoms with van der Waals surface area (Å²) in [4.78, 5) is 0. The molecule has 186 valence electrons. The quantitative estimate of drug-likeness (QED) is 0.208. The lowest BCUT2D eigenvalue weighted by atomic mass is 9.81. The molecule has 0 aliphatic carbocycles. The zero-order chi connectivity index (χ0) is 26.5. The van der Waals surface area contributed by atoms with Gasteiger partial charge in [-0.2, -0.15) is 0 Å². The number of hydrogen-bond donors (Lipinski definition) is 0. The van der Waals surface area contributed by atoms with Crippen LogP contribution in [0.3, 0.4) is 0 Å². The van der Waals surface area contributed by atoms with Crippen LogP contribution in [-0.2, 0) is 0 Å². The summed E-state index contributed by atoms with van der Waals surface area (Å²) in [5, 5.41) is 7.85. The third-order valence-corrected chi connectivity index (χ3v) is 8.22. The highest BCUT2D eigenvalue weighted by Gasteiger charge is 2.21. The fraction of sp³-hybridized carbons (Fsp3) is 0. The third kappa shape index (κ3) is 3.54. The Labute approximate surface area is 234 Å². The van der Waals surface area contributed by atoms with Crippen molar-refractivity contribution in [2.24, 2.45) is 0 Å². The van der Waals surface area contributed by atoms with E-state index >= 15 is 0 Å². The summed E-state index contributed by atoms with van der Waals surface area (Å²) in [6.07, 6.45) is 0. The molecule has 40 heavy (non-hydrogen) atoms. The first-order valence-electron chi connectivity index (χ1n) is 13.9. The van der Waals surface area contributed by atoms with Crippen molar-refractivity contribution in [3.63, 3.8) is 0 Å². The summed E-state index contributed by atoms with van der Waals surface area (Å²) in [6.45, 7) is 0. The summed E-state index contributed by atoms with van der Waals surface area (Å²) < 4.78 is 0. The van der Waals surface area contributed by atoms with E-state index in [1.54, 1.807) is 0 Å². The van der Waals surface area contributed by atoms with Gasteiger partial charge in [0, 0.05) is 0 Å². The Bertz CT molecular complexity index is 2110. The van der Waals surface area contributed by atoms with E-state index < -0.39 is 0 Å². The molecule has 0 spiro atoms. The van der Waals surface area contributed by atoms with Crippen LogP contribution in [-0.4, -0.2) is 0 Å². The molecule has 0 unspecified atom stereocenters. The fourth-order valence-corrected chi connectivity index (χ4v) is 6.42. The van der Waals surface area contributed by atoms with Crippen molar-refractivity contribution < 1.29 is 0 Å². The molecule has 0 saturated heterocycles. The molecule has 0 atom stereocenters. The molecule has 0 bridgehead atoms. The standard InChI is InChI=1S/C40H26/c1-5-13-27(14-6-1)32-23-21-31-22-24-33-34(28-15-7-2-8-16-28)25-35(29-17-9-3-10-18-29)39-36(30-19-11-4-12-20-30)26-37(32)38(31)40(33)39/h1-26H. The van der Waals surface area contributed by atoms with Gasteiger partial charge in [0.25, 0.3) is 0 Å². The van der Waals surface area contributed by atoms with Crippen LogP contribution in [0.25, 0.3) is 76.8 Å². The Morgan fingerprint density at radius 3 is 1.25 bits per heavy atom. The van der Waals surface area contributed by atoms with Gasteiger partial charge in [0.15, 0.2) is 0 Å². The van der Waals surface area contributed by atoms with Gasteiger partial charge >= 0.3 is 0 Å². The lowest BCUT2D eigenvalue weighted by Crippen LogP contribution is -1.95. The molecule has 0 aliphatic rings. The SMILES string of the molecule is c1ccc(-c2ccc3ccc4c(-c5ccccc5)cc(-c5ccccc5)c5c(-c6ccccc6)cc2c3c45)cc1. The van der Waals surface area contributed by atoms with Crippen LogP contribution in [0, 0.1) is 0 Å². The maximum atomic E-state index is 2.44. The Balaban J connectivity index is 1.64. The molecule has 0 N–H and O–H groups in total. The third-order valence-electron chi connectivity index (χ3n) is 8.22. The number of hydrogen-bond acceptors (Lipinski definition) is 0. The highest BCUT2D eigenvalue weighted by atomic mass is 14.2. The van der Waals surface area contributed by atoms with Gasteiger partial charge in [0.2, 0.25) is 0 Å². The Morgan fingerprint density at radius 2 is 0.700 bits per heavy atom. The van der Waals surface area contributed by atoms with Crippen molar-refractivity contribution >= 4 is 32.3 Å². The average Bonchev–Trinajstić information content (AvgIpc) is 3.04. The Kier molecular flexibility index (Phi) is 5.24. The molecule has 0 fully saturated rings. The van der Waals surface area contributed by atoms with Gasteiger partial charge in [-0.1, -0.05) is 146 Å². The van der Waals surface area contributed by atoms with E-state index in [-0.39, 0.29) is 0 Å². The highest BCUT2D eigenvalue weighted by molar-refractivity contribution is 6.33. The van der Waals surface area contributed by atoms with Crippen molar-refractivity contribution in [2.75, 3.05) is 0 Å². The van der Waals surface area contributed by atoms with E-state index in [2.05, 4.69) is 158 Å². The molecule has 0 saturated carbocycles. The Hall–Kier alpha value is -5.20. The van der Waals surface area contributed by atoms with Gasteiger partial charge in [-0.3, -0.25) is 0 Å².